The SMILES string of the molecule is CC(=O)CC[C@@H]1c2ccccc2C[C@H]1C. The van der Waals surface area contributed by atoms with Crippen LogP contribution in [0.2, 0.25) is 0 Å². The van der Waals surface area contributed by atoms with Crippen LogP contribution in [-0.4, -0.2) is 5.78 Å². The Bertz CT molecular complexity index is 367. The number of hydrogen-bond donors (Lipinski definition) is 0. The highest BCUT2D eigenvalue weighted by atomic mass is 16.1. The van der Waals surface area contributed by atoms with Gasteiger partial charge >= 0.3 is 0 Å². The van der Waals surface area contributed by atoms with Gasteiger partial charge in [0.05, 0.1) is 0 Å². The summed E-state index contributed by atoms with van der Waals surface area (Å²) >= 11 is 0. The van der Waals surface area contributed by atoms with Crippen molar-refractivity contribution < 1.29 is 4.79 Å². The molecular formula is C14H18O. The Kier molecular flexibility index (Phi) is 2.90. The molecule has 0 fully saturated rings. The average Bonchev–Trinajstić information content (AvgIpc) is 2.50. The van der Waals surface area contributed by atoms with E-state index in [2.05, 4.69) is 31.2 Å². The zero-order valence-corrected chi connectivity index (χ0v) is 9.49. The summed E-state index contributed by atoms with van der Waals surface area (Å²) in [5.41, 5.74) is 2.96. The highest BCUT2D eigenvalue weighted by molar-refractivity contribution is 5.75. The Labute approximate surface area is 91.5 Å². The zero-order valence-electron chi connectivity index (χ0n) is 9.49. The third kappa shape index (κ3) is 2.11. The normalized spacial score (nSPS) is 23.9. The van der Waals surface area contributed by atoms with Gasteiger partial charge in [0.1, 0.15) is 5.78 Å². The molecule has 0 spiro atoms. The van der Waals surface area contributed by atoms with Crippen LogP contribution >= 0.6 is 0 Å². The molecule has 1 nitrogen and oxygen atoms in total. The summed E-state index contributed by atoms with van der Waals surface area (Å²) < 4.78 is 0. The Hall–Kier alpha value is -1.11. The smallest absolute Gasteiger partial charge is 0.129 e. The molecule has 1 aliphatic rings. The lowest BCUT2D eigenvalue weighted by Crippen LogP contribution is -2.05. The van der Waals surface area contributed by atoms with E-state index < -0.39 is 0 Å². The van der Waals surface area contributed by atoms with Crippen molar-refractivity contribution in [3.63, 3.8) is 0 Å². The van der Waals surface area contributed by atoms with Gasteiger partial charge < -0.3 is 4.79 Å². The first-order chi connectivity index (χ1) is 7.18. The molecule has 2 atom stereocenters. The van der Waals surface area contributed by atoms with Gasteiger partial charge in [0, 0.05) is 6.42 Å². The molecule has 1 aromatic rings. The number of benzene rings is 1. The molecular weight excluding hydrogens is 184 g/mol. The molecule has 2 rings (SSSR count). The van der Waals surface area contributed by atoms with E-state index in [0.717, 1.165) is 12.8 Å². The van der Waals surface area contributed by atoms with Gasteiger partial charge in [-0.1, -0.05) is 31.2 Å². The first-order valence-electron chi connectivity index (χ1n) is 5.75. The molecule has 1 heteroatoms. The van der Waals surface area contributed by atoms with Crippen LogP contribution in [0.15, 0.2) is 24.3 Å². The van der Waals surface area contributed by atoms with E-state index in [4.69, 9.17) is 0 Å². The zero-order chi connectivity index (χ0) is 10.8. The van der Waals surface area contributed by atoms with Gasteiger partial charge in [-0.25, -0.2) is 0 Å². The molecule has 0 N–H and O–H groups in total. The van der Waals surface area contributed by atoms with E-state index in [-0.39, 0.29) is 0 Å². The number of ketones is 1. The van der Waals surface area contributed by atoms with Gasteiger partial charge in [-0.15, -0.1) is 0 Å². The number of fused-ring (bicyclic) bond motifs is 1. The summed E-state index contributed by atoms with van der Waals surface area (Å²) in [6.45, 7) is 3.98. The van der Waals surface area contributed by atoms with Crippen molar-refractivity contribution in [2.75, 3.05) is 0 Å². The van der Waals surface area contributed by atoms with Crippen molar-refractivity contribution >= 4 is 5.78 Å². The van der Waals surface area contributed by atoms with E-state index in [1.54, 1.807) is 6.92 Å². The maximum Gasteiger partial charge on any atom is 0.129 e. The molecule has 0 saturated carbocycles. The minimum Gasteiger partial charge on any atom is -0.300 e. The van der Waals surface area contributed by atoms with Crippen LogP contribution < -0.4 is 0 Å². The monoisotopic (exact) mass is 202 g/mol. The fraction of sp³-hybridized carbons (Fsp3) is 0.500. The van der Waals surface area contributed by atoms with E-state index in [1.165, 1.54) is 17.5 Å². The Morgan fingerprint density at radius 1 is 1.40 bits per heavy atom. The van der Waals surface area contributed by atoms with Crippen LogP contribution in [0.4, 0.5) is 0 Å². The second-order valence-corrected chi connectivity index (χ2v) is 4.73. The molecule has 80 valence electrons. The highest BCUT2D eigenvalue weighted by Gasteiger charge is 2.28. The van der Waals surface area contributed by atoms with Crippen molar-refractivity contribution in [1.29, 1.82) is 0 Å². The lowest BCUT2D eigenvalue weighted by atomic mass is 9.89. The second kappa shape index (κ2) is 4.18. The van der Waals surface area contributed by atoms with Crippen molar-refractivity contribution in [1.82, 2.24) is 0 Å². The van der Waals surface area contributed by atoms with Crippen LogP contribution in [0.25, 0.3) is 0 Å². The predicted octanol–water partition coefficient (Wildman–Crippen LogP) is 3.33. The summed E-state index contributed by atoms with van der Waals surface area (Å²) in [5, 5.41) is 0. The average molecular weight is 202 g/mol. The van der Waals surface area contributed by atoms with E-state index in [0.29, 0.717) is 17.6 Å². The van der Waals surface area contributed by atoms with Crippen molar-refractivity contribution in [2.45, 2.75) is 39.0 Å². The number of rotatable bonds is 3. The molecule has 15 heavy (non-hydrogen) atoms. The van der Waals surface area contributed by atoms with E-state index in [9.17, 15) is 4.79 Å². The Morgan fingerprint density at radius 2 is 2.13 bits per heavy atom. The number of hydrogen-bond acceptors (Lipinski definition) is 1. The van der Waals surface area contributed by atoms with Crippen LogP contribution in [0.3, 0.4) is 0 Å². The van der Waals surface area contributed by atoms with Gasteiger partial charge in [0.15, 0.2) is 0 Å². The first-order valence-corrected chi connectivity index (χ1v) is 5.75. The number of carbonyl (C=O) groups excluding carboxylic acids is 1. The van der Waals surface area contributed by atoms with Crippen LogP contribution in [0.1, 0.15) is 43.7 Å². The van der Waals surface area contributed by atoms with Gasteiger partial charge in [0.25, 0.3) is 0 Å². The van der Waals surface area contributed by atoms with Crippen LogP contribution in [0, 0.1) is 5.92 Å². The van der Waals surface area contributed by atoms with Gasteiger partial charge in [0.2, 0.25) is 0 Å². The van der Waals surface area contributed by atoms with Gasteiger partial charge in [-0.3, -0.25) is 0 Å². The highest BCUT2D eigenvalue weighted by Crippen LogP contribution is 2.40. The summed E-state index contributed by atoms with van der Waals surface area (Å²) in [4.78, 5) is 11.0. The third-order valence-corrected chi connectivity index (χ3v) is 3.49. The van der Waals surface area contributed by atoms with Crippen molar-refractivity contribution in [3.05, 3.63) is 35.4 Å². The third-order valence-electron chi connectivity index (χ3n) is 3.49. The van der Waals surface area contributed by atoms with Crippen LogP contribution in [0.5, 0.6) is 0 Å². The summed E-state index contributed by atoms with van der Waals surface area (Å²) in [6.07, 6.45) is 2.93. The lowest BCUT2D eigenvalue weighted by molar-refractivity contribution is -0.117. The Morgan fingerprint density at radius 3 is 2.87 bits per heavy atom. The lowest BCUT2D eigenvalue weighted by Gasteiger charge is -2.15. The van der Waals surface area contributed by atoms with Crippen molar-refractivity contribution in [3.8, 4) is 0 Å². The van der Waals surface area contributed by atoms with Gasteiger partial charge in [-0.05, 0) is 42.7 Å². The molecule has 0 saturated heterocycles. The molecule has 0 heterocycles. The molecule has 0 bridgehead atoms. The molecule has 0 aromatic heterocycles. The molecule has 0 aliphatic heterocycles. The summed E-state index contributed by atoms with van der Waals surface area (Å²) in [7, 11) is 0. The first kappa shape index (κ1) is 10.4. The molecule has 0 amide bonds. The predicted molar refractivity (Wildman–Crippen MR) is 62.0 cm³/mol. The maximum absolute atomic E-state index is 11.0. The molecule has 1 aromatic carbocycles. The molecule has 1 aliphatic carbocycles. The van der Waals surface area contributed by atoms with Gasteiger partial charge in [-0.2, -0.15) is 0 Å². The standard InChI is InChI=1S/C14H18O/c1-10-9-12-5-3-4-6-14(12)13(10)8-7-11(2)15/h3-6,10,13H,7-9H2,1-2H3/t10-,13+/m1/s1. The van der Waals surface area contributed by atoms with Crippen LogP contribution in [-0.2, 0) is 11.2 Å². The molecule has 0 unspecified atom stereocenters. The topological polar surface area (TPSA) is 17.1 Å². The van der Waals surface area contributed by atoms with E-state index in [1.807, 2.05) is 0 Å². The quantitative estimate of drug-likeness (QED) is 0.734. The summed E-state index contributed by atoms with van der Waals surface area (Å²) in [5.74, 6) is 1.61. The largest absolute Gasteiger partial charge is 0.300 e. The number of carbonyl (C=O) groups is 1. The Balaban J connectivity index is 2.15. The minimum atomic E-state index is 0.312. The summed E-state index contributed by atoms with van der Waals surface area (Å²) in [6, 6.07) is 8.67. The van der Waals surface area contributed by atoms with E-state index >= 15 is 0 Å². The fourth-order valence-electron chi connectivity index (χ4n) is 2.68. The second-order valence-electron chi connectivity index (χ2n) is 4.73. The maximum atomic E-state index is 11.0. The van der Waals surface area contributed by atoms with Crippen molar-refractivity contribution in [2.24, 2.45) is 5.92 Å². The minimum absolute atomic E-state index is 0.312. The number of Topliss-reactive ketones (excluding diaryl/α,β-unsaturated/α-hetero) is 1. The fourth-order valence-corrected chi connectivity index (χ4v) is 2.68. The molecule has 0 radical (unpaired) electrons.